The first kappa shape index (κ1) is 16.5. The monoisotopic (exact) mass is 353 g/mol. The summed E-state index contributed by atoms with van der Waals surface area (Å²) in [7, 11) is 0. The Balaban J connectivity index is 0.00000156. The average Bonchev–Trinajstić information content (AvgIpc) is 2.89. The van der Waals surface area contributed by atoms with Crippen LogP contribution in [0.15, 0.2) is 23.7 Å². The minimum atomic E-state index is 0. The standard InChI is InChI=1S/C16H19N3O2S.ClH/c17-10-6-11(7-10)19-16(20)9-4-12(5-9)21-13-2-1-3-14-15(13)18-8-22-14;/h1-3,8-12H,4-7,17H2,(H,19,20);1H. The second-order valence-corrected chi connectivity index (χ2v) is 7.19. The van der Waals surface area contributed by atoms with Crippen LogP contribution in [-0.2, 0) is 4.79 Å². The lowest BCUT2D eigenvalue weighted by atomic mass is 9.80. The van der Waals surface area contributed by atoms with Gasteiger partial charge in [-0.3, -0.25) is 4.79 Å². The molecule has 1 aromatic heterocycles. The number of amides is 1. The normalized spacial score (nSPS) is 29.1. The summed E-state index contributed by atoms with van der Waals surface area (Å²) >= 11 is 1.61. The summed E-state index contributed by atoms with van der Waals surface area (Å²) in [5, 5.41) is 3.07. The molecule has 1 aromatic carbocycles. The van der Waals surface area contributed by atoms with Gasteiger partial charge in [0.1, 0.15) is 17.4 Å². The molecule has 0 radical (unpaired) electrons. The molecule has 2 aromatic rings. The Kier molecular flexibility index (Phi) is 4.75. The van der Waals surface area contributed by atoms with Gasteiger partial charge >= 0.3 is 0 Å². The van der Waals surface area contributed by atoms with Crippen molar-refractivity contribution < 1.29 is 9.53 Å². The number of ether oxygens (including phenoxy) is 1. The van der Waals surface area contributed by atoms with Gasteiger partial charge in [-0.25, -0.2) is 4.98 Å². The van der Waals surface area contributed by atoms with Crippen LogP contribution in [0.3, 0.4) is 0 Å². The van der Waals surface area contributed by atoms with Crippen molar-refractivity contribution in [3.63, 3.8) is 0 Å². The minimum absolute atomic E-state index is 0. The smallest absolute Gasteiger partial charge is 0.223 e. The number of aromatic nitrogens is 1. The molecule has 2 aliphatic carbocycles. The summed E-state index contributed by atoms with van der Waals surface area (Å²) in [5.74, 6) is 1.06. The van der Waals surface area contributed by atoms with Crippen molar-refractivity contribution in [3.8, 4) is 5.75 Å². The number of nitrogens with one attached hydrogen (secondary N) is 1. The molecule has 1 amide bonds. The van der Waals surface area contributed by atoms with E-state index in [4.69, 9.17) is 10.5 Å². The molecule has 2 fully saturated rings. The molecule has 1 heterocycles. The van der Waals surface area contributed by atoms with Gasteiger partial charge in [-0.05, 0) is 37.8 Å². The van der Waals surface area contributed by atoms with E-state index in [1.54, 1.807) is 11.3 Å². The maximum absolute atomic E-state index is 12.1. The molecule has 2 aliphatic rings. The van der Waals surface area contributed by atoms with Crippen LogP contribution in [0, 0.1) is 5.92 Å². The number of carbonyl (C=O) groups is 1. The molecule has 0 unspecified atom stereocenters. The van der Waals surface area contributed by atoms with Crippen molar-refractivity contribution in [1.29, 1.82) is 0 Å². The molecule has 23 heavy (non-hydrogen) atoms. The molecular weight excluding hydrogens is 334 g/mol. The number of benzene rings is 1. The first-order valence-electron chi connectivity index (χ1n) is 7.74. The highest BCUT2D eigenvalue weighted by molar-refractivity contribution is 7.16. The summed E-state index contributed by atoms with van der Waals surface area (Å²) in [6.45, 7) is 0. The average molecular weight is 354 g/mol. The molecule has 124 valence electrons. The van der Waals surface area contributed by atoms with Gasteiger partial charge < -0.3 is 15.8 Å². The summed E-state index contributed by atoms with van der Waals surface area (Å²) in [6, 6.07) is 6.52. The third kappa shape index (κ3) is 3.29. The highest BCUT2D eigenvalue weighted by atomic mass is 35.5. The predicted molar refractivity (Wildman–Crippen MR) is 93.1 cm³/mol. The van der Waals surface area contributed by atoms with Crippen LogP contribution in [0.1, 0.15) is 25.7 Å². The molecule has 5 nitrogen and oxygen atoms in total. The van der Waals surface area contributed by atoms with Crippen LogP contribution < -0.4 is 15.8 Å². The number of thiazole rings is 1. The zero-order valence-electron chi connectivity index (χ0n) is 12.6. The van der Waals surface area contributed by atoms with Crippen molar-refractivity contribution >= 4 is 39.9 Å². The molecule has 0 bridgehead atoms. The molecular formula is C16H20ClN3O2S. The Morgan fingerprint density at radius 3 is 2.83 bits per heavy atom. The maximum atomic E-state index is 12.1. The van der Waals surface area contributed by atoms with Gasteiger partial charge in [0.25, 0.3) is 0 Å². The molecule has 0 spiro atoms. The topological polar surface area (TPSA) is 77.2 Å². The van der Waals surface area contributed by atoms with Gasteiger partial charge in [-0.15, -0.1) is 23.7 Å². The van der Waals surface area contributed by atoms with Crippen LogP contribution in [0.5, 0.6) is 5.75 Å². The fourth-order valence-corrected chi connectivity index (χ4v) is 3.80. The van der Waals surface area contributed by atoms with E-state index in [1.807, 2.05) is 23.7 Å². The SMILES string of the molecule is Cl.NC1CC(NC(=O)C2CC(Oc3cccc4scnc34)C2)C1. The lowest BCUT2D eigenvalue weighted by molar-refractivity contribution is -0.132. The fraction of sp³-hybridized carbons (Fsp3) is 0.500. The quantitative estimate of drug-likeness (QED) is 0.885. The van der Waals surface area contributed by atoms with Crippen molar-refractivity contribution in [3.05, 3.63) is 23.7 Å². The van der Waals surface area contributed by atoms with Gasteiger partial charge in [-0.1, -0.05) is 6.07 Å². The summed E-state index contributed by atoms with van der Waals surface area (Å²) in [4.78, 5) is 16.4. The molecule has 2 saturated carbocycles. The number of hydrogen-bond acceptors (Lipinski definition) is 5. The first-order chi connectivity index (χ1) is 10.7. The Morgan fingerprint density at radius 1 is 1.30 bits per heavy atom. The van der Waals surface area contributed by atoms with E-state index < -0.39 is 0 Å². The molecule has 0 saturated heterocycles. The van der Waals surface area contributed by atoms with Gasteiger partial charge in [-0.2, -0.15) is 0 Å². The number of nitrogens with two attached hydrogens (primary N) is 1. The minimum Gasteiger partial charge on any atom is -0.488 e. The fourth-order valence-electron chi connectivity index (χ4n) is 3.11. The summed E-state index contributed by atoms with van der Waals surface area (Å²) in [5.41, 5.74) is 8.49. The van der Waals surface area contributed by atoms with Crippen molar-refractivity contribution in [2.45, 2.75) is 43.9 Å². The molecule has 3 N–H and O–H groups in total. The van der Waals surface area contributed by atoms with E-state index in [0.29, 0.717) is 0 Å². The number of carbonyl (C=O) groups excluding carboxylic acids is 1. The van der Waals surface area contributed by atoms with E-state index in [-0.39, 0.29) is 42.4 Å². The van der Waals surface area contributed by atoms with Crippen LogP contribution in [0.2, 0.25) is 0 Å². The highest BCUT2D eigenvalue weighted by Crippen LogP contribution is 2.35. The lowest BCUT2D eigenvalue weighted by Crippen LogP contribution is -2.53. The highest BCUT2D eigenvalue weighted by Gasteiger charge is 2.38. The Hall–Kier alpha value is -1.37. The number of rotatable bonds is 4. The Bertz CT molecular complexity index is 695. The lowest BCUT2D eigenvalue weighted by Gasteiger charge is -2.38. The summed E-state index contributed by atoms with van der Waals surface area (Å²) in [6.07, 6.45) is 3.50. The number of nitrogens with zero attached hydrogens (tertiary/aromatic N) is 1. The predicted octanol–water partition coefficient (Wildman–Crippen LogP) is 2.48. The van der Waals surface area contributed by atoms with Crippen molar-refractivity contribution in [2.24, 2.45) is 11.7 Å². The Labute approximate surface area is 145 Å². The number of fused-ring (bicyclic) bond motifs is 1. The van der Waals surface area contributed by atoms with E-state index in [9.17, 15) is 4.79 Å². The Morgan fingerprint density at radius 2 is 2.09 bits per heavy atom. The zero-order chi connectivity index (χ0) is 15.1. The third-order valence-electron chi connectivity index (χ3n) is 4.60. The van der Waals surface area contributed by atoms with Crippen LogP contribution in [0.4, 0.5) is 0 Å². The van der Waals surface area contributed by atoms with E-state index >= 15 is 0 Å². The van der Waals surface area contributed by atoms with Gasteiger partial charge in [0.15, 0.2) is 0 Å². The van der Waals surface area contributed by atoms with Crippen LogP contribution in [0.25, 0.3) is 10.2 Å². The van der Waals surface area contributed by atoms with Crippen LogP contribution >= 0.6 is 23.7 Å². The van der Waals surface area contributed by atoms with Gasteiger partial charge in [0.2, 0.25) is 5.91 Å². The molecule has 7 heteroatoms. The zero-order valence-corrected chi connectivity index (χ0v) is 14.2. The van der Waals surface area contributed by atoms with E-state index in [2.05, 4.69) is 10.3 Å². The molecule has 4 rings (SSSR count). The van der Waals surface area contributed by atoms with Crippen molar-refractivity contribution in [1.82, 2.24) is 10.3 Å². The van der Waals surface area contributed by atoms with Crippen molar-refractivity contribution in [2.75, 3.05) is 0 Å². The van der Waals surface area contributed by atoms with E-state index in [1.165, 1.54) is 0 Å². The van der Waals surface area contributed by atoms with E-state index in [0.717, 1.165) is 41.6 Å². The van der Waals surface area contributed by atoms with Gasteiger partial charge in [0.05, 0.1) is 10.2 Å². The largest absolute Gasteiger partial charge is 0.488 e. The second kappa shape index (κ2) is 6.63. The third-order valence-corrected chi connectivity index (χ3v) is 5.40. The second-order valence-electron chi connectivity index (χ2n) is 6.30. The first-order valence-corrected chi connectivity index (χ1v) is 8.62. The van der Waals surface area contributed by atoms with Gasteiger partial charge in [0, 0.05) is 18.0 Å². The number of halogens is 1. The molecule has 0 aliphatic heterocycles. The summed E-state index contributed by atoms with van der Waals surface area (Å²) < 4.78 is 7.14. The molecule has 0 atom stereocenters. The number of para-hydroxylation sites is 1. The van der Waals surface area contributed by atoms with Crippen LogP contribution in [-0.4, -0.2) is 29.1 Å². The maximum Gasteiger partial charge on any atom is 0.223 e. The number of hydrogen-bond donors (Lipinski definition) is 2.